The van der Waals surface area contributed by atoms with Crippen LogP contribution in [-0.4, -0.2) is 118 Å². The average Bonchev–Trinajstić information content (AvgIpc) is 2.82. The Balaban J connectivity index is 2.97. The monoisotopic (exact) mass is 532 g/mol. The maximum Gasteiger partial charge on any atom is 0.240 e. The zero-order chi connectivity index (χ0) is 28.4. The van der Waals surface area contributed by atoms with Gasteiger partial charge in [-0.05, 0) is 27.2 Å². The molecule has 0 aromatic heterocycles. The van der Waals surface area contributed by atoms with E-state index < -0.39 is 85.1 Å². The van der Waals surface area contributed by atoms with Gasteiger partial charge in [-0.3, -0.25) is 24.0 Å². The third-order valence-corrected chi connectivity index (χ3v) is 5.76. The number of nitrogens with two attached hydrogens (primary N) is 2. The second kappa shape index (κ2) is 14.9. The van der Waals surface area contributed by atoms with Crippen LogP contribution in [0.5, 0.6) is 0 Å². The molecular formula is C22H38N5O10. The molecule has 0 aliphatic carbocycles. The summed E-state index contributed by atoms with van der Waals surface area (Å²) in [5, 5.41) is 35.1. The van der Waals surface area contributed by atoms with Gasteiger partial charge in [0.15, 0.2) is 6.29 Å². The van der Waals surface area contributed by atoms with Gasteiger partial charge < -0.3 is 51.8 Å². The van der Waals surface area contributed by atoms with Gasteiger partial charge in [0.25, 0.3) is 0 Å². The number of nitrogens with one attached hydrogen (secondary N) is 2. The van der Waals surface area contributed by atoms with Crippen LogP contribution in [0.2, 0.25) is 0 Å². The van der Waals surface area contributed by atoms with E-state index in [1.54, 1.807) is 6.29 Å². The van der Waals surface area contributed by atoms with Crippen LogP contribution in [-0.2, 0) is 33.4 Å². The summed E-state index contributed by atoms with van der Waals surface area (Å²) in [5.41, 5.74) is 10.8. The van der Waals surface area contributed by atoms with E-state index in [1.807, 2.05) is 0 Å². The van der Waals surface area contributed by atoms with E-state index in [0.717, 1.165) is 4.90 Å². The minimum Gasteiger partial charge on any atom is -0.394 e. The van der Waals surface area contributed by atoms with E-state index in [2.05, 4.69) is 10.6 Å². The molecule has 1 radical (unpaired) electrons. The highest BCUT2D eigenvalue weighted by molar-refractivity contribution is 5.89. The highest BCUT2D eigenvalue weighted by atomic mass is 16.6. The third-order valence-electron chi connectivity index (χ3n) is 5.76. The lowest BCUT2D eigenvalue weighted by molar-refractivity contribution is -0.268. The minimum atomic E-state index is -1.60. The van der Waals surface area contributed by atoms with Gasteiger partial charge in [0.05, 0.1) is 24.8 Å². The van der Waals surface area contributed by atoms with Crippen LogP contribution >= 0.6 is 0 Å². The third kappa shape index (κ3) is 9.60. The summed E-state index contributed by atoms with van der Waals surface area (Å²) >= 11 is 0. The Bertz CT molecular complexity index is 813. The molecule has 15 nitrogen and oxygen atoms in total. The van der Waals surface area contributed by atoms with Crippen molar-refractivity contribution in [1.82, 2.24) is 15.5 Å². The molecular weight excluding hydrogens is 494 g/mol. The molecule has 0 spiro atoms. The van der Waals surface area contributed by atoms with Crippen molar-refractivity contribution in [3.8, 4) is 0 Å². The number of nitrogens with zero attached hydrogens (tertiary/aromatic N) is 1. The van der Waals surface area contributed by atoms with Gasteiger partial charge in [-0.25, -0.2) is 0 Å². The Morgan fingerprint density at radius 2 is 1.81 bits per heavy atom. The lowest BCUT2D eigenvalue weighted by Gasteiger charge is -2.43. The highest BCUT2D eigenvalue weighted by Gasteiger charge is 2.46. The Morgan fingerprint density at radius 3 is 2.30 bits per heavy atom. The van der Waals surface area contributed by atoms with Crippen LogP contribution in [0.3, 0.4) is 0 Å². The van der Waals surface area contributed by atoms with Crippen molar-refractivity contribution in [1.29, 1.82) is 0 Å². The summed E-state index contributed by atoms with van der Waals surface area (Å²) in [4.78, 5) is 60.6. The Morgan fingerprint density at radius 1 is 1.19 bits per heavy atom. The smallest absolute Gasteiger partial charge is 0.240 e. The molecule has 211 valence electrons. The number of hydrogen-bond acceptors (Lipinski definition) is 11. The number of carbonyl (C=O) groups is 4. The largest absolute Gasteiger partial charge is 0.394 e. The number of primary amides is 1. The number of amides is 4. The summed E-state index contributed by atoms with van der Waals surface area (Å²) in [6.45, 7) is 4.73. The molecule has 1 rings (SSSR count). The second-order valence-electron chi connectivity index (χ2n) is 9.01. The number of hydrogen-bond donors (Lipinski definition) is 7. The van der Waals surface area contributed by atoms with E-state index >= 15 is 0 Å². The average molecular weight is 533 g/mol. The molecule has 1 unspecified atom stereocenters. The quantitative estimate of drug-likeness (QED) is 0.113. The van der Waals surface area contributed by atoms with Crippen molar-refractivity contribution < 1.29 is 48.8 Å². The van der Waals surface area contributed by atoms with Crippen molar-refractivity contribution in [3.05, 3.63) is 0 Å². The van der Waals surface area contributed by atoms with Crippen molar-refractivity contribution >= 4 is 29.9 Å². The molecule has 9 N–H and O–H groups in total. The molecule has 1 aliphatic heterocycles. The van der Waals surface area contributed by atoms with E-state index in [0.29, 0.717) is 0 Å². The molecule has 1 aliphatic rings. The first-order chi connectivity index (χ1) is 17.2. The van der Waals surface area contributed by atoms with Gasteiger partial charge in [0.1, 0.15) is 30.4 Å². The maximum atomic E-state index is 12.9. The summed E-state index contributed by atoms with van der Waals surface area (Å²) in [5.74, 6) is -2.61. The standard InChI is InChI=1S/C22H38N5O10/c1-10(8-28)27(16(31)6-5-14(20(24)33)26-21(34)12(3)23)7-11(2)36-19-17(25-13(4)30)22(35)37-15(9-29)18(19)32/h10-12,14-15,17-19,22,29,32,35H,5-7,9,23H2,1-4H3,(H2,24,33)(H,25,30)(H,26,34)/t10-,11?,12-,14+,15+,17+,18+,19+,22-/m0/s1. The summed E-state index contributed by atoms with van der Waals surface area (Å²) in [7, 11) is 0. The molecule has 1 fully saturated rings. The molecule has 37 heavy (non-hydrogen) atoms. The fourth-order valence-corrected chi connectivity index (χ4v) is 3.76. The first-order valence-corrected chi connectivity index (χ1v) is 11.8. The van der Waals surface area contributed by atoms with Gasteiger partial charge in [0.2, 0.25) is 29.9 Å². The predicted molar refractivity (Wildman–Crippen MR) is 127 cm³/mol. The number of rotatable bonds is 14. The molecule has 0 saturated carbocycles. The highest BCUT2D eigenvalue weighted by Crippen LogP contribution is 2.24. The molecule has 1 saturated heterocycles. The SMILES string of the molecule is CC(=O)N[C@@H]1[C@@H](OC(C)CN(C(=O)CC[C@@H](NC(=O)[C@H](C)N)C(N)=O)[C@@H](C)[C]=O)[C@H](O)[C@@H](CO)O[C@@H]1O. The molecule has 0 aromatic carbocycles. The first-order valence-electron chi connectivity index (χ1n) is 11.8. The Hall–Kier alpha value is -2.69. The minimum absolute atomic E-state index is 0.155. The van der Waals surface area contributed by atoms with E-state index in [9.17, 15) is 39.3 Å². The maximum absolute atomic E-state index is 12.9. The zero-order valence-electron chi connectivity index (χ0n) is 21.3. The number of aliphatic hydroxyl groups excluding tert-OH is 3. The fraction of sp³-hybridized carbons (Fsp3) is 0.773. The van der Waals surface area contributed by atoms with Crippen molar-refractivity contribution in [2.45, 2.75) is 95.4 Å². The predicted octanol–water partition coefficient (Wildman–Crippen LogP) is -4.24. The number of ether oxygens (including phenoxy) is 2. The van der Waals surface area contributed by atoms with Crippen LogP contribution in [0.15, 0.2) is 0 Å². The van der Waals surface area contributed by atoms with Crippen molar-refractivity contribution in [3.63, 3.8) is 0 Å². The van der Waals surface area contributed by atoms with Crippen LogP contribution in [0.1, 0.15) is 40.5 Å². The Kier molecular flexibility index (Phi) is 13.0. The molecule has 1 heterocycles. The molecule has 4 amide bonds. The lowest BCUT2D eigenvalue weighted by Crippen LogP contribution is -2.65. The van der Waals surface area contributed by atoms with Crippen LogP contribution < -0.4 is 22.1 Å². The van der Waals surface area contributed by atoms with E-state index in [4.69, 9.17) is 20.9 Å². The van der Waals surface area contributed by atoms with Gasteiger partial charge in [0, 0.05) is 19.9 Å². The normalized spacial score (nSPS) is 26.8. The molecule has 15 heteroatoms. The van der Waals surface area contributed by atoms with Gasteiger partial charge in [-0.1, -0.05) is 0 Å². The molecule has 0 bridgehead atoms. The van der Waals surface area contributed by atoms with Crippen LogP contribution in [0, 0.1) is 0 Å². The van der Waals surface area contributed by atoms with Crippen molar-refractivity contribution in [2.75, 3.05) is 13.2 Å². The summed E-state index contributed by atoms with van der Waals surface area (Å²) in [6, 6.07) is -4.28. The van der Waals surface area contributed by atoms with E-state index in [-0.39, 0.29) is 19.4 Å². The first kappa shape index (κ1) is 32.3. The lowest BCUT2D eigenvalue weighted by atomic mass is 9.96. The fourth-order valence-electron chi connectivity index (χ4n) is 3.76. The van der Waals surface area contributed by atoms with Crippen LogP contribution in [0.4, 0.5) is 0 Å². The van der Waals surface area contributed by atoms with Gasteiger partial charge in [-0.2, -0.15) is 0 Å². The number of aliphatic hydroxyl groups is 3. The zero-order valence-corrected chi connectivity index (χ0v) is 21.3. The molecule has 9 atom stereocenters. The summed E-state index contributed by atoms with van der Waals surface area (Å²) in [6.07, 6.45) is -5.06. The molecule has 0 aromatic rings. The topological polar surface area (TPSA) is 244 Å². The van der Waals surface area contributed by atoms with E-state index in [1.165, 1.54) is 27.7 Å². The van der Waals surface area contributed by atoms with Crippen molar-refractivity contribution in [2.24, 2.45) is 11.5 Å². The second-order valence-corrected chi connectivity index (χ2v) is 9.01. The Labute approximate surface area is 214 Å². The summed E-state index contributed by atoms with van der Waals surface area (Å²) < 4.78 is 11.0. The van der Waals surface area contributed by atoms with Crippen LogP contribution in [0.25, 0.3) is 0 Å². The van der Waals surface area contributed by atoms with Gasteiger partial charge in [-0.15, -0.1) is 0 Å². The van der Waals surface area contributed by atoms with Gasteiger partial charge >= 0.3 is 0 Å². The number of carbonyl (C=O) groups excluding carboxylic acids is 5.